The van der Waals surface area contributed by atoms with Crippen LogP contribution in [0.2, 0.25) is 0 Å². The molecule has 6 nitrogen and oxygen atoms in total. The Morgan fingerprint density at radius 2 is 1.93 bits per heavy atom. The average Bonchev–Trinajstić information content (AvgIpc) is 3.23. The normalized spacial score (nSPS) is 29.8. The second-order valence-corrected chi connectivity index (χ2v) is 8.42. The zero-order chi connectivity index (χ0) is 21.7. The van der Waals surface area contributed by atoms with Gasteiger partial charge >= 0.3 is 6.18 Å². The molecule has 0 aliphatic heterocycles. The molecule has 0 amide bonds. The van der Waals surface area contributed by atoms with E-state index in [0.717, 1.165) is 32.3 Å². The molecule has 0 aromatic carbocycles. The Morgan fingerprint density at radius 1 is 1.38 bits per heavy atom. The fraction of sp³-hybridized carbons (Fsp3) is 0.600. The van der Waals surface area contributed by atoms with Crippen LogP contribution in [0.5, 0.6) is 0 Å². The molecule has 2 saturated carbocycles. The summed E-state index contributed by atoms with van der Waals surface area (Å²) in [5, 5.41) is 15.5. The van der Waals surface area contributed by atoms with Crippen LogP contribution in [0.25, 0.3) is 0 Å². The Hall–Kier alpha value is -2.29. The van der Waals surface area contributed by atoms with E-state index in [1.54, 1.807) is 7.05 Å². The Morgan fingerprint density at radius 3 is 2.41 bits per heavy atom. The van der Waals surface area contributed by atoms with Crippen LogP contribution in [0, 0.1) is 11.8 Å². The number of nitrogens with two attached hydrogens (primary N) is 1. The number of carbonyl (C=O) groups is 1. The van der Waals surface area contributed by atoms with Crippen molar-refractivity contribution in [3.63, 3.8) is 0 Å². The number of rotatable bonds is 5. The molecule has 3 N–H and O–H groups in total. The van der Waals surface area contributed by atoms with Crippen molar-refractivity contribution in [2.45, 2.75) is 50.3 Å². The number of likely N-dealkylation sites (N-methyl/N-ethyl adjacent to an activating group) is 1. The molecule has 2 aliphatic carbocycles. The predicted octanol–water partition coefficient (Wildman–Crippen LogP) is 3.36. The molecule has 0 spiro atoms. The Labute approximate surface area is 167 Å². The van der Waals surface area contributed by atoms with Gasteiger partial charge in [-0.1, -0.05) is 6.58 Å². The number of aldehydes is 1. The van der Waals surface area contributed by atoms with Gasteiger partial charge in [0.25, 0.3) is 0 Å². The number of nitrogen functional groups attached to an aromatic ring is 1. The highest BCUT2D eigenvalue weighted by molar-refractivity contribution is 5.83. The maximum atomic E-state index is 12.8. The van der Waals surface area contributed by atoms with E-state index in [9.17, 15) is 23.1 Å². The third kappa shape index (κ3) is 3.80. The lowest BCUT2D eigenvalue weighted by Crippen LogP contribution is -2.35. The number of anilines is 1. The Balaban J connectivity index is 1.71. The molecule has 2 fully saturated rings. The van der Waals surface area contributed by atoms with Crippen LogP contribution in [-0.2, 0) is 7.05 Å². The standard InChI is InChI=1S/C20H27F3N4O2/c1-11(20(21,22)23)9-26(3)12(2)19(29)7-14-5-13(6-15(14)8-19)17-16(10-28)18(24)27(4)25-17/h9-10,13-15,29H,2,5-8,24H2,1,3-4H3/b11-9+. The molecule has 0 saturated heterocycles. The summed E-state index contributed by atoms with van der Waals surface area (Å²) in [4.78, 5) is 12.7. The van der Waals surface area contributed by atoms with Crippen LogP contribution in [-0.4, -0.2) is 44.9 Å². The second-order valence-electron chi connectivity index (χ2n) is 8.42. The molecule has 0 radical (unpaired) electrons. The van der Waals surface area contributed by atoms with Gasteiger partial charge in [-0.05, 0) is 44.4 Å². The van der Waals surface area contributed by atoms with Crippen molar-refractivity contribution < 1.29 is 23.1 Å². The average molecular weight is 412 g/mol. The highest BCUT2D eigenvalue weighted by atomic mass is 19.4. The minimum Gasteiger partial charge on any atom is -0.384 e. The minimum absolute atomic E-state index is 0.0802. The maximum Gasteiger partial charge on any atom is 0.413 e. The summed E-state index contributed by atoms with van der Waals surface area (Å²) in [6.07, 6.45) is -0.378. The lowest BCUT2D eigenvalue weighted by atomic mass is 9.90. The van der Waals surface area contributed by atoms with Gasteiger partial charge < -0.3 is 15.7 Å². The van der Waals surface area contributed by atoms with Crippen LogP contribution >= 0.6 is 0 Å². The number of nitrogens with zero attached hydrogens (tertiary/aromatic N) is 3. The molecule has 1 aromatic heterocycles. The van der Waals surface area contributed by atoms with Crippen molar-refractivity contribution in [2.75, 3.05) is 12.8 Å². The number of fused-ring (bicyclic) bond motifs is 1. The highest BCUT2D eigenvalue weighted by Gasteiger charge is 2.51. The summed E-state index contributed by atoms with van der Waals surface area (Å²) in [5.41, 5.74) is 5.30. The molecular weight excluding hydrogens is 385 g/mol. The van der Waals surface area contributed by atoms with Gasteiger partial charge in [0.2, 0.25) is 0 Å². The summed E-state index contributed by atoms with van der Waals surface area (Å²) in [7, 11) is 3.16. The van der Waals surface area contributed by atoms with Gasteiger partial charge in [0.15, 0.2) is 6.29 Å². The molecule has 1 aromatic rings. The van der Waals surface area contributed by atoms with Gasteiger partial charge in [-0.3, -0.25) is 9.48 Å². The zero-order valence-corrected chi connectivity index (χ0v) is 16.8. The SMILES string of the molecule is C=C(N(C)/C=C(\C)C(F)(F)F)C1(O)CC2CC(c3nn(C)c(N)c3C=O)CC2C1. The summed E-state index contributed by atoms with van der Waals surface area (Å²) in [6.45, 7) is 4.87. The van der Waals surface area contributed by atoms with E-state index in [-0.39, 0.29) is 23.5 Å². The number of aliphatic hydroxyl groups is 1. The summed E-state index contributed by atoms with van der Waals surface area (Å²) in [6, 6.07) is 0. The quantitative estimate of drug-likeness (QED) is 0.725. The first-order valence-electron chi connectivity index (χ1n) is 9.55. The number of aromatic nitrogens is 2. The van der Waals surface area contributed by atoms with E-state index in [1.165, 1.54) is 16.6 Å². The highest BCUT2D eigenvalue weighted by Crippen LogP contribution is 2.55. The van der Waals surface area contributed by atoms with E-state index in [1.807, 2.05) is 0 Å². The largest absolute Gasteiger partial charge is 0.413 e. The van der Waals surface area contributed by atoms with Crippen molar-refractivity contribution in [2.24, 2.45) is 18.9 Å². The molecule has 3 rings (SSSR count). The molecule has 2 aliphatic rings. The Bertz CT molecular complexity index is 845. The van der Waals surface area contributed by atoms with Gasteiger partial charge in [-0.25, -0.2) is 0 Å². The van der Waals surface area contributed by atoms with Crippen LogP contribution in [0.4, 0.5) is 19.0 Å². The monoisotopic (exact) mass is 412 g/mol. The second kappa shape index (κ2) is 7.19. The smallest absolute Gasteiger partial charge is 0.384 e. The number of halogens is 3. The molecule has 1 heterocycles. The van der Waals surface area contributed by atoms with Crippen LogP contribution < -0.4 is 5.73 Å². The first-order valence-corrected chi connectivity index (χ1v) is 9.55. The van der Waals surface area contributed by atoms with Crippen molar-refractivity contribution in [3.05, 3.63) is 35.3 Å². The van der Waals surface area contributed by atoms with E-state index in [4.69, 9.17) is 5.73 Å². The number of hydrogen-bond acceptors (Lipinski definition) is 5. The summed E-state index contributed by atoms with van der Waals surface area (Å²) in [5.74, 6) is 0.790. The van der Waals surface area contributed by atoms with Gasteiger partial charge in [-0.15, -0.1) is 0 Å². The molecule has 2 atom stereocenters. The number of carbonyl (C=O) groups excluding carboxylic acids is 1. The Kier molecular flexibility index (Phi) is 5.31. The van der Waals surface area contributed by atoms with E-state index in [0.29, 0.717) is 29.9 Å². The fourth-order valence-corrected chi connectivity index (χ4v) is 4.89. The topological polar surface area (TPSA) is 84.4 Å². The molecule has 160 valence electrons. The van der Waals surface area contributed by atoms with E-state index in [2.05, 4.69) is 11.7 Å². The van der Waals surface area contributed by atoms with Crippen LogP contribution in [0.1, 0.15) is 54.6 Å². The number of hydrogen-bond donors (Lipinski definition) is 2. The predicted molar refractivity (Wildman–Crippen MR) is 103 cm³/mol. The van der Waals surface area contributed by atoms with E-state index < -0.39 is 17.4 Å². The third-order valence-corrected chi connectivity index (χ3v) is 6.50. The lowest BCUT2D eigenvalue weighted by Gasteiger charge is -2.32. The number of allylic oxidation sites excluding steroid dienone is 1. The summed E-state index contributed by atoms with van der Waals surface area (Å²) >= 11 is 0. The molecule has 29 heavy (non-hydrogen) atoms. The van der Waals surface area contributed by atoms with Crippen molar-refractivity contribution in [1.82, 2.24) is 14.7 Å². The zero-order valence-electron chi connectivity index (χ0n) is 16.8. The lowest BCUT2D eigenvalue weighted by molar-refractivity contribution is -0.0924. The van der Waals surface area contributed by atoms with Gasteiger partial charge in [0, 0.05) is 37.5 Å². The fourth-order valence-electron chi connectivity index (χ4n) is 4.89. The molecular formula is C20H27F3N4O2. The minimum atomic E-state index is -4.42. The number of aryl methyl sites for hydroxylation is 1. The first-order chi connectivity index (χ1) is 13.4. The molecule has 9 heteroatoms. The maximum absolute atomic E-state index is 12.8. The van der Waals surface area contributed by atoms with Crippen molar-refractivity contribution >= 4 is 12.1 Å². The van der Waals surface area contributed by atoms with Gasteiger partial charge in [-0.2, -0.15) is 18.3 Å². The van der Waals surface area contributed by atoms with Crippen LogP contribution in [0.15, 0.2) is 24.0 Å². The molecule has 0 bridgehead atoms. The summed E-state index contributed by atoms with van der Waals surface area (Å²) < 4.78 is 39.9. The number of alkyl halides is 3. The third-order valence-electron chi connectivity index (χ3n) is 6.50. The first kappa shape index (κ1) is 21.4. The van der Waals surface area contributed by atoms with Crippen molar-refractivity contribution in [1.29, 1.82) is 0 Å². The van der Waals surface area contributed by atoms with Gasteiger partial charge in [0.05, 0.1) is 11.3 Å². The van der Waals surface area contributed by atoms with Crippen LogP contribution in [0.3, 0.4) is 0 Å². The van der Waals surface area contributed by atoms with E-state index >= 15 is 0 Å². The van der Waals surface area contributed by atoms with Crippen molar-refractivity contribution in [3.8, 4) is 0 Å². The van der Waals surface area contributed by atoms with Gasteiger partial charge in [0.1, 0.15) is 11.4 Å². The molecule has 2 unspecified atom stereocenters.